The van der Waals surface area contributed by atoms with Gasteiger partial charge in [-0.05, 0) is 19.8 Å². The first-order chi connectivity index (χ1) is 11.6. The standard InChI is InChI=1S/C21H38O3/c1-4-5-6-7-8-9-10-11-12-13-14-21(3)18-15-19(22)17(2)20(16-18)23-24-21/h17-18,20H,4-16H2,1-3H3/t17-,18+,20+,21+/m0/s1. The van der Waals surface area contributed by atoms with E-state index in [-0.39, 0.29) is 17.6 Å². The first-order valence-electron chi connectivity index (χ1n) is 10.4. The smallest absolute Gasteiger partial charge is 0.138 e. The fourth-order valence-corrected chi connectivity index (χ4v) is 4.24. The summed E-state index contributed by atoms with van der Waals surface area (Å²) >= 11 is 0. The Kier molecular flexibility index (Phi) is 8.22. The number of carbonyl (C=O) groups excluding carboxylic acids is 1. The van der Waals surface area contributed by atoms with Crippen LogP contribution in [0.5, 0.6) is 0 Å². The quantitative estimate of drug-likeness (QED) is 0.342. The van der Waals surface area contributed by atoms with Gasteiger partial charge in [0.25, 0.3) is 0 Å². The summed E-state index contributed by atoms with van der Waals surface area (Å²) in [5, 5.41) is 0. The molecule has 2 rings (SSSR count). The van der Waals surface area contributed by atoms with Crippen LogP contribution >= 0.6 is 0 Å². The van der Waals surface area contributed by atoms with E-state index in [0.717, 1.165) is 12.8 Å². The summed E-state index contributed by atoms with van der Waals surface area (Å²) in [6.45, 7) is 6.38. The first-order valence-corrected chi connectivity index (χ1v) is 10.4. The van der Waals surface area contributed by atoms with Crippen LogP contribution in [0.15, 0.2) is 0 Å². The largest absolute Gasteiger partial charge is 0.299 e. The molecule has 140 valence electrons. The second-order valence-corrected chi connectivity index (χ2v) is 8.35. The first kappa shape index (κ1) is 19.9. The molecule has 0 spiro atoms. The summed E-state index contributed by atoms with van der Waals surface area (Å²) in [6.07, 6.45) is 16.1. The molecule has 3 nitrogen and oxygen atoms in total. The Morgan fingerprint density at radius 2 is 1.58 bits per heavy atom. The number of hydrogen-bond donors (Lipinski definition) is 0. The molecule has 2 aliphatic rings. The lowest BCUT2D eigenvalue weighted by atomic mass is 9.70. The second-order valence-electron chi connectivity index (χ2n) is 8.35. The highest BCUT2D eigenvalue weighted by molar-refractivity contribution is 5.82. The molecule has 1 saturated heterocycles. The molecule has 0 aromatic carbocycles. The van der Waals surface area contributed by atoms with Crippen molar-refractivity contribution in [3.63, 3.8) is 0 Å². The van der Waals surface area contributed by atoms with Gasteiger partial charge in [0.2, 0.25) is 0 Å². The average molecular weight is 339 g/mol. The van der Waals surface area contributed by atoms with E-state index in [1.165, 1.54) is 64.2 Å². The molecule has 0 unspecified atom stereocenters. The molecule has 0 amide bonds. The van der Waals surface area contributed by atoms with Gasteiger partial charge >= 0.3 is 0 Å². The van der Waals surface area contributed by atoms with E-state index in [1.54, 1.807) is 0 Å². The van der Waals surface area contributed by atoms with Gasteiger partial charge in [0.15, 0.2) is 0 Å². The number of fused-ring (bicyclic) bond motifs is 2. The SMILES string of the molecule is CCCCCCCCCCCC[C@@]1(C)OO[C@@H]2C[C@H]1CC(=O)[C@@H]2C. The lowest BCUT2D eigenvalue weighted by Gasteiger charge is -2.47. The number of unbranched alkanes of at least 4 members (excludes halogenated alkanes) is 9. The Hall–Kier alpha value is -0.410. The molecule has 1 aliphatic heterocycles. The van der Waals surface area contributed by atoms with Crippen molar-refractivity contribution in [1.82, 2.24) is 0 Å². The summed E-state index contributed by atoms with van der Waals surface area (Å²) in [4.78, 5) is 23.5. The van der Waals surface area contributed by atoms with Crippen LogP contribution in [0.1, 0.15) is 104 Å². The van der Waals surface area contributed by atoms with Gasteiger partial charge in [-0.3, -0.25) is 4.79 Å². The highest BCUT2D eigenvalue weighted by Gasteiger charge is 2.49. The summed E-state index contributed by atoms with van der Waals surface area (Å²) in [6, 6.07) is 0. The fourth-order valence-electron chi connectivity index (χ4n) is 4.24. The van der Waals surface area contributed by atoms with Crippen LogP contribution < -0.4 is 0 Å². The van der Waals surface area contributed by atoms with Crippen molar-refractivity contribution in [1.29, 1.82) is 0 Å². The van der Waals surface area contributed by atoms with Gasteiger partial charge in [-0.25, -0.2) is 9.78 Å². The molecule has 0 aromatic rings. The average Bonchev–Trinajstić information content (AvgIpc) is 2.57. The zero-order valence-electron chi connectivity index (χ0n) is 16.1. The van der Waals surface area contributed by atoms with Crippen molar-refractivity contribution in [3.8, 4) is 0 Å². The third-order valence-corrected chi connectivity index (χ3v) is 6.28. The number of rotatable bonds is 11. The van der Waals surface area contributed by atoms with E-state index < -0.39 is 0 Å². The van der Waals surface area contributed by atoms with Gasteiger partial charge in [0, 0.05) is 18.3 Å². The van der Waals surface area contributed by atoms with Gasteiger partial charge in [-0.2, -0.15) is 0 Å². The van der Waals surface area contributed by atoms with E-state index in [2.05, 4.69) is 13.8 Å². The Labute approximate surface area is 148 Å². The molecular formula is C21H38O3. The Bertz CT molecular complexity index is 381. The van der Waals surface area contributed by atoms with Crippen molar-refractivity contribution in [3.05, 3.63) is 0 Å². The Morgan fingerprint density at radius 1 is 1.00 bits per heavy atom. The van der Waals surface area contributed by atoms with Crippen molar-refractivity contribution in [2.24, 2.45) is 11.8 Å². The lowest BCUT2D eigenvalue weighted by Crippen LogP contribution is -2.52. The van der Waals surface area contributed by atoms with Gasteiger partial charge < -0.3 is 0 Å². The molecule has 1 aliphatic carbocycles. The highest BCUT2D eigenvalue weighted by Crippen LogP contribution is 2.44. The maximum Gasteiger partial charge on any atom is 0.138 e. The molecule has 4 atom stereocenters. The third-order valence-electron chi connectivity index (χ3n) is 6.28. The normalized spacial score (nSPS) is 33.0. The number of ketones is 1. The second kappa shape index (κ2) is 9.91. The minimum Gasteiger partial charge on any atom is -0.299 e. The molecular weight excluding hydrogens is 300 g/mol. The summed E-state index contributed by atoms with van der Waals surface area (Å²) in [5.41, 5.74) is -0.257. The Morgan fingerprint density at radius 3 is 2.21 bits per heavy atom. The van der Waals surface area contributed by atoms with E-state index in [9.17, 15) is 4.79 Å². The van der Waals surface area contributed by atoms with Crippen LogP contribution in [-0.4, -0.2) is 17.5 Å². The van der Waals surface area contributed by atoms with Crippen molar-refractivity contribution >= 4 is 5.78 Å². The minimum absolute atomic E-state index is 0.00289. The minimum atomic E-state index is -0.257. The highest BCUT2D eigenvalue weighted by atomic mass is 17.2. The Balaban J connectivity index is 1.56. The number of carbonyl (C=O) groups is 1. The van der Waals surface area contributed by atoms with Crippen LogP contribution in [0.4, 0.5) is 0 Å². The topological polar surface area (TPSA) is 35.5 Å². The number of Topliss-reactive ketones (excluding diaryl/α,β-unsaturated/α-hetero) is 1. The lowest BCUT2D eigenvalue weighted by molar-refractivity contribution is -0.429. The van der Waals surface area contributed by atoms with E-state index >= 15 is 0 Å². The van der Waals surface area contributed by atoms with Gasteiger partial charge in [0.05, 0.1) is 0 Å². The molecule has 24 heavy (non-hydrogen) atoms. The van der Waals surface area contributed by atoms with Crippen LogP contribution in [0.3, 0.4) is 0 Å². The van der Waals surface area contributed by atoms with Gasteiger partial charge in [-0.15, -0.1) is 0 Å². The third kappa shape index (κ3) is 5.56. The van der Waals surface area contributed by atoms with Gasteiger partial charge in [0.1, 0.15) is 17.5 Å². The zero-order valence-corrected chi connectivity index (χ0v) is 16.1. The van der Waals surface area contributed by atoms with Gasteiger partial charge in [-0.1, -0.05) is 78.1 Å². The molecule has 1 heterocycles. The molecule has 0 radical (unpaired) electrons. The van der Waals surface area contributed by atoms with Crippen LogP contribution in [0.25, 0.3) is 0 Å². The maximum absolute atomic E-state index is 12.1. The number of hydrogen-bond acceptors (Lipinski definition) is 3. The monoisotopic (exact) mass is 338 g/mol. The predicted octanol–water partition coefficient (Wildman–Crippen LogP) is 6.00. The van der Waals surface area contributed by atoms with E-state index in [0.29, 0.717) is 18.1 Å². The predicted molar refractivity (Wildman–Crippen MR) is 97.7 cm³/mol. The molecule has 2 fully saturated rings. The van der Waals surface area contributed by atoms with Crippen LogP contribution in [0, 0.1) is 11.8 Å². The maximum atomic E-state index is 12.1. The summed E-state index contributed by atoms with van der Waals surface area (Å²) in [5.74, 6) is 0.704. The zero-order chi connectivity index (χ0) is 17.4. The van der Waals surface area contributed by atoms with Crippen molar-refractivity contribution in [2.45, 2.75) is 116 Å². The van der Waals surface area contributed by atoms with Crippen LogP contribution in [0.2, 0.25) is 0 Å². The van der Waals surface area contributed by atoms with Crippen molar-refractivity contribution in [2.75, 3.05) is 0 Å². The molecule has 3 heteroatoms. The fraction of sp³-hybridized carbons (Fsp3) is 0.952. The molecule has 1 saturated carbocycles. The molecule has 0 N–H and O–H groups in total. The molecule has 2 bridgehead atoms. The summed E-state index contributed by atoms with van der Waals surface area (Å²) < 4.78 is 0. The van der Waals surface area contributed by atoms with Crippen LogP contribution in [-0.2, 0) is 14.6 Å². The summed E-state index contributed by atoms with van der Waals surface area (Å²) in [7, 11) is 0. The van der Waals surface area contributed by atoms with Crippen molar-refractivity contribution < 1.29 is 14.6 Å². The molecule has 0 aromatic heterocycles. The van der Waals surface area contributed by atoms with E-state index in [1.807, 2.05) is 6.92 Å². The van der Waals surface area contributed by atoms with E-state index in [4.69, 9.17) is 9.78 Å².